The van der Waals surface area contributed by atoms with Crippen molar-refractivity contribution in [2.45, 2.75) is 52.8 Å². The molecule has 1 unspecified atom stereocenters. The average molecular weight is 361 g/mol. The highest BCUT2D eigenvalue weighted by molar-refractivity contribution is 5.97. The molecule has 1 saturated heterocycles. The number of nitrogens with zero attached hydrogens (tertiary/aromatic N) is 2. The van der Waals surface area contributed by atoms with Gasteiger partial charge in [0.25, 0.3) is 11.8 Å². The Morgan fingerprint density at radius 1 is 1.23 bits per heavy atom. The van der Waals surface area contributed by atoms with Gasteiger partial charge in [0, 0.05) is 50.1 Å². The number of ether oxygens (including phenoxy) is 1. The third-order valence-corrected chi connectivity index (χ3v) is 4.91. The van der Waals surface area contributed by atoms with Gasteiger partial charge in [0.05, 0.1) is 0 Å². The lowest BCUT2D eigenvalue weighted by Gasteiger charge is -2.40. The first-order valence-electron chi connectivity index (χ1n) is 9.25. The number of nitrogens with one attached hydrogen (secondary N) is 1. The molecule has 1 N–H and O–H groups in total. The van der Waals surface area contributed by atoms with Crippen molar-refractivity contribution < 1.29 is 14.3 Å². The van der Waals surface area contributed by atoms with Gasteiger partial charge >= 0.3 is 0 Å². The standard InChI is InChI=1S/C20H31N3O3/c1-13(2)21-18-9-7-8-17(15(18)4)20(25)23-11-10-22(12-14(23)3)19(24)16(5)26-6/h7-9,13-14,16,21H,10-12H2,1-6H3/t14-,16?/m1/s1. The van der Waals surface area contributed by atoms with Crippen LogP contribution in [0.25, 0.3) is 0 Å². The summed E-state index contributed by atoms with van der Waals surface area (Å²) in [4.78, 5) is 29.1. The van der Waals surface area contributed by atoms with Crippen LogP contribution in [0, 0.1) is 6.92 Å². The van der Waals surface area contributed by atoms with Crippen LogP contribution in [0.5, 0.6) is 0 Å². The Hall–Kier alpha value is -2.08. The monoisotopic (exact) mass is 361 g/mol. The number of benzene rings is 1. The van der Waals surface area contributed by atoms with E-state index in [-0.39, 0.29) is 17.9 Å². The van der Waals surface area contributed by atoms with E-state index in [0.717, 1.165) is 11.3 Å². The maximum atomic E-state index is 13.1. The van der Waals surface area contributed by atoms with E-state index in [2.05, 4.69) is 19.2 Å². The van der Waals surface area contributed by atoms with Crippen molar-refractivity contribution in [3.05, 3.63) is 29.3 Å². The van der Waals surface area contributed by atoms with Gasteiger partial charge in [-0.05, 0) is 52.3 Å². The van der Waals surface area contributed by atoms with E-state index in [1.165, 1.54) is 7.11 Å². The number of carbonyl (C=O) groups is 2. The predicted molar refractivity (Wildman–Crippen MR) is 103 cm³/mol. The zero-order valence-corrected chi connectivity index (χ0v) is 16.7. The van der Waals surface area contributed by atoms with Gasteiger partial charge in [0.15, 0.2) is 0 Å². The van der Waals surface area contributed by atoms with Crippen molar-refractivity contribution in [2.24, 2.45) is 0 Å². The summed E-state index contributed by atoms with van der Waals surface area (Å²) >= 11 is 0. The SMILES string of the molecule is COC(C)C(=O)N1CCN(C(=O)c2cccc(NC(C)C)c2C)[C@H](C)C1. The Bertz CT molecular complexity index is 660. The molecule has 1 fully saturated rings. The fourth-order valence-electron chi connectivity index (χ4n) is 3.31. The first kappa shape index (κ1) is 20.2. The van der Waals surface area contributed by atoms with Gasteiger partial charge in [-0.2, -0.15) is 0 Å². The normalized spacial score (nSPS) is 18.8. The maximum absolute atomic E-state index is 13.1. The average Bonchev–Trinajstić information content (AvgIpc) is 2.61. The minimum atomic E-state index is -0.453. The van der Waals surface area contributed by atoms with Crippen molar-refractivity contribution in [2.75, 3.05) is 32.1 Å². The van der Waals surface area contributed by atoms with Crippen LogP contribution >= 0.6 is 0 Å². The highest BCUT2D eigenvalue weighted by Gasteiger charge is 2.32. The molecule has 0 saturated carbocycles. The molecular formula is C20H31N3O3. The van der Waals surface area contributed by atoms with Gasteiger partial charge in [-0.25, -0.2) is 0 Å². The number of piperazine rings is 1. The van der Waals surface area contributed by atoms with E-state index in [0.29, 0.717) is 31.2 Å². The summed E-state index contributed by atoms with van der Waals surface area (Å²) in [5, 5.41) is 3.39. The van der Waals surface area contributed by atoms with E-state index >= 15 is 0 Å². The highest BCUT2D eigenvalue weighted by atomic mass is 16.5. The number of hydrogen-bond donors (Lipinski definition) is 1. The largest absolute Gasteiger partial charge is 0.383 e. The molecule has 1 aliphatic heterocycles. The van der Waals surface area contributed by atoms with Crippen molar-refractivity contribution >= 4 is 17.5 Å². The third kappa shape index (κ3) is 4.36. The Balaban J connectivity index is 2.13. The summed E-state index contributed by atoms with van der Waals surface area (Å²) in [5.74, 6) is 0.0000513. The number of methoxy groups -OCH3 is 1. The highest BCUT2D eigenvalue weighted by Crippen LogP contribution is 2.23. The number of rotatable bonds is 5. The van der Waals surface area contributed by atoms with Crippen molar-refractivity contribution in [1.29, 1.82) is 0 Å². The van der Waals surface area contributed by atoms with E-state index in [1.807, 2.05) is 36.9 Å². The molecule has 1 heterocycles. The first-order valence-corrected chi connectivity index (χ1v) is 9.25. The molecule has 0 bridgehead atoms. The van der Waals surface area contributed by atoms with Gasteiger partial charge in [-0.15, -0.1) is 0 Å². The predicted octanol–water partition coefficient (Wildman–Crippen LogP) is 2.52. The van der Waals surface area contributed by atoms with Crippen LogP contribution < -0.4 is 5.32 Å². The van der Waals surface area contributed by atoms with Crippen molar-refractivity contribution in [1.82, 2.24) is 9.80 Å². The molecule has 0 aromatic heterocycles. The van der Waals surface area contributed by atoms with Crippen molar-refractivity contribution in [3.63, 3.8) is 0 Å². The van der Waals surface area contributed by atoms with Crippen LogP contribution in [0.4, 0.5) is 5.69 Å². The Morgan fingerprint density at radius 3 is 2.50 bits per heavy atom. The number of carbonyl (C=O) groups excluding carboxylic acids is 2. The fourth-order valence-corrected chi connectivity index (χ4v) is 3.31. The lowest BCUT2D eigenvalue weighted by molar-refractivity contribution is -0.143. The second-order valence-electron chi connectivity index (χ2n) is 7.29. The van der Waals surface area contributed by atoms with Crippen molar-refractivity contribution in [3.8, 4) is 0 Å². The molecule has 0 aliphatic carbocycles. The van der Waals surface area contributed by atoms with Crippen LogP contribution in [0.2, 0.25) is 0 Å². The van der Waals surface area contributed by atoms with E-state index in [1.54, 1.807) is 11.8 Å². The summed E-state index contributed by atoms with van der Waals surface area (Å²) in [5.41, 5.74) is 2.67. The molecule has 144 valence electrons. The first-order chi connectivity index (χ1) is 12.3. The van der Waals surface area contributed by atoms with Crippen LogP contribution in [0.15, 0.2) is 18.2 Å². The zero-order valence-electron chi connectivity index (χ0n) is 16.7. The molecule has 0 radical (unpaired) electrons. The van der Waals surface area contributed by atoms with Crippen LogP contribution in [0.3, 0.4) is 0 Å². The lowest BCUT2D eigenvalue weighted by atomic mass is 10.0. The topological polar surface area (TPSA) is 61.9 Å². The molecule has 6 heteroatoms. The Morgan fingerprint density at radius 2 is 1.92 bits per heavy atom. The molecule has 26 heavy (non-hydrogen) atoms. The molecule has 1 aromatic carbocycles. The summed E-state index contributed by atoms with van der Waals surface area (Å²) < 4.78 is 5.13. The molecule has 2 amide bonds. The van der Waals surface area contributed by atoms with Gasteiger partial charge in [-0.3, -0.25) is 9.59 Å². The summed E-state index contributed by atoms with van der Waals surface area (Å²) in [7, 11) is 1.53. The fraction of sp³-hybridized carbons (Fsp3) is 0.600. The van der Waals surface area contributed by atoms with E-state index in [9.17, 15) is 9.59 Å². The Labute approximate surface area is 156 Å². The number of amides is 2. The summed E-state index contributed by atoms with van der Waals surface area (Å²) in [6.45, 7) is 11.5. The second kappa shape index (κ2) is 8.54. The van der Waals surface area contributed by atoms with Crippen LogP contribution in [0.1, 0.15) is 43.6 Å². The zero-order chi connectivity index (χ0) is 19.4. The number of hydrogen-bond acceptors (Lipinski definition) is 4. The van der Waals surface area contributed by atoms with Gasteiger partial charge in [0.1, 0.15) is 6.10 Å². The van der Waals surface area contributed by atoms with E-state index in [4.69, 9.17) is 4.74 Å². The van der Waals surface area contributed by atoms with E-state index < -0.39 is 6.10 Å². The quantitative estimate of drug-likeness (QED) is 0.875. The molecule has 1 aromatic rings. The minimum Gasteiger partial charge on any atom is -0.383 e. The molecule has 2 atom stereocenters. The molecule has 0 spiro atoms. The molecular weight excluding hydrogens is 330 g/mol. The van der Waals surface area contributed by atoms with Gasteiger partial charge in [0.2, 0.25) is 0 Å². The third-order valence-electron chi connectivity index (χ3n) is 4.91. The van der Waals surface area contributed by atoms with Gasteiger partial charge < -0.3 is 19.9 Å². The molecule has 2 rings (SSSR count). The maximum Gasteiger partial charge on any atom is 0.254 e. The smallest absolute Gasteiger partial charge is 0.254 e. The Kier molecular flexibility index (Phi) is 6.64. The lowest BCUT2D eigenvalue weighted by Crippen LogP contribution is -2.57. The van der Waals surface area contributed by atoms with Crippen LogP contribution in [-0.4, -0.2) is 66.5 Å². The summed E-state index contributed by atoms with van der Waals surface area (Å²) in [6.07, 6.45) is -0.453. The number of anilines is 1. The van der Waals surface area contributed by atoms with Gasteiger partial charge in [-0.1, -0.05) is 6.07 Å². The van der Waals surface area contributed by atoms with Crippen LogP contribution in [-0.2, 0) is 9.53 Å². The second-order valence-corrected chi connectivity index (χ2v) is 7.29. The molecule has 1 aliphatic rings. The minimum absolute atomic E-state index is 0.0224. The summed E-state index contributed by atoms with van der Waals surface area (Å²) in [6, 6.07) is 6.05. The molecule has 6 nitrogen and oxygen atoms in total.